The Hall–Kier alpha value is -1.67. The van der Waals surface area contributed by atoms with Crippen LogP contribution in [0.25, 0.3) is 0 Å². The second kappa shape index (κ2) is 5.60. The van der Waals surface area contributed by atoms with E-state index in [1.807, 2.05) is 13.0 Å². The molecule has 0 aromatic heterocycles. The van der Waals surface area contributed by atoms with Crippen LogP contribution >= 0.6 is 15.9 Å². The van der Waals surface area contributed by atoms with Gasteiger partial charge in [0.1, 0.15) is 0 Å². The number of carbonyl (C=O) groups is 2. The first-order valence-electron chi connectivity index (χ1n) is 4.92. The van der Waals surface area contributed by atoms with Gasteiger partial charge in [0.15, 0.2) is 11.7 Å². The van der Waals surface area contributed by atoms with Crippen LogP contribution < -0.4 is 5.32 Å². The number of hydrogen-bond donors (Lipinski definition) is 1. The Morgan fingerprint density at radius 2 is 2.06 bits per heavy atom. The van der Waals surface area contributed by atoms with Gasteiger partial charge < -0.3 is 5.32 Å². The highest BCUT2D eigenvalue weighted by atomic mass is 79.9. The van der Waals surface area contributed by atoms with E-state index in [1.54, 1.807) is 18.2 Å². The summed E-state index contributed by atoms with van der Waals surface area (Å²) in [6, 6.07) is 6.81. The van der Waals surface area contributed by atoms with Crippen molar-refractivity contribution in [3.63, 3.8) is 0 Å². The fourth-order valence-electron chi connectivity index (χ4n) is 1.43. The third kappa shape index (κ3) is 3.14. The van der Waals surface area contributed by atoms with Crippen LogP contribution in [0.4, 0.5) is 0 Å². The summed E-state index contributed by atoms with van der Waals surface area (Å²) in [7, 11) is 1.39. The highest BCUT2D eigenvalue weighted by Gasteiger charge is 2.26. The minimum Gasteiger partial charge on any atom is -0.358 e. The Kier molecular flexibility index (Phi) is 4.41. The number of halogens is 1. The molecule has 0 aliphatic rings. The third-order valence-corrected chi connectivity index (χ3v) is 2.68. The van der Waals surface area contributed by atoms with Gasteiger partial charge in [0, 0.05) is 17.1 Å². The number of nitrogens with zero attached hydrogens (tertiary/aromatic N) is 1. The maximum Gasteiger partial charge on any atom is 0.245 e. The first-order valence-corrected chi connectivity index (χ1v) is 5.71. The van der Waals surface area contributed by atoms with E-state index in [2.05, 4.69) is 21.2 Å². The molecule has 0 saturated carbocycles. The number of carbonyl (C=O) groups excluding carboxylic acids is 2. The Labute approximate surface area is 108 Å². The summed E-state index contributed by atoms with van der Waals surface area (Å²) in [4.78, 5) is 23.3. The number of benzene rings is 1. The van der Waals surface area contributed by atoms with Crippen molar-refractivity contribution in [2.24, 2.45) is 5.92 Å². The maximum absolute atomic E-state index is 12.0. The standard InChI is InChI=1S/C12H11BrN2O2/c1-7-3-8(5-9(13)4-7)11(16)10(6-14)12(17)15-2/h3-5,10H,1-2H3,(H,15,17). The van der Waals surface area contributed by atoms with E-state index in [-0.39, 0.29) is 0 Å². The average Bonchev–Trinajstić information content (AvgIpc) is 2.28. The monoisotopic (exact) mass is 294 g/mol. The van der Waals surface area contributed by atoms with Crippen LogP contribution in [0.15, 0.2) is 22.7 Å². The molecule has 0 heterocycles. The second-order valence-electron chi connectivity index (χ2n) is 3.56. The summed E-state index contributed by atoms with van der Waals surface area (Å²) in [6.07, 6.45) is 0. The van der Waals surface area contributed by atoms with Crippen molar-refractivity contribution in [3.8, 4) is 6.07 Å². The number of hydrogen-bond acceptors (Lipinski definition) is 3. The van der Waals surface area contributed by atoms with Crippen LogP contribution in [0.3, 0.4) is 0 Å². The average molecular weight is 295 g/mol. The number of Topliss-reactive ketones (excluding diaryl/α,β-unsaturated/α-hetero) is 1. The van der Waals surface area contributed by atoms with E-state index in [9.17, 15) is 9.59 Å². The van der Waals surface area contributed by atoms with Crippen LogP contribution in [0.2, 0.25) is 0 Å². The molecule has 1 unspecified atom stereocenters. The van der Waals surface area contributed by atoms with Crippen molar-refractivity contribution in [1.29, 1.82) is 5.26 Å². The predicted octanol–water partition coefficient (Wildman–Crippen LogP) is 1.83. The van der Waals surface area contributed by atoms with Crippen LogP contribution in [-0.2, 0) is 4.79 Å². The minimum absolute atomic E-state index is 0.354. The summed E-state index contributed by atoms with van der Waals surface area (Å²) >= 11 is 3.27. The Morgan fingerprint density at radius 3 is 2.53 bits per heavy atom. The summed E-state index contributed by atoms with van der Waals surface area (Å²) in [6.45, 7) is 1.84. The maximum atomic E-state index is 12.0. The van der Waals surface area contributed by atoms with Crippen LogP contribution in [-0.4, -0.2) is 18.7 Å². The molecule has 0 spiro atoms. The van der Waals surface area contributed by atoms with E-state index in [0.717, 1.165) is 10.0 Å². The molecule has 1 aromatic carbocycles. The van der Waals surface area contributed by atoms with E-state index in [4.69, 9.17) is 5.26 Å². The van der Waals surface area contributed by atoms with Crippen molar-refractivity contribution in [3.05, 3.63) is 33.8 Å². The van der Waals surface area contributed by atoms with Crippen LogP contribution in [0.1, 0.15) is 15.9 Å². The molecular formula is C12H11BrN2O2. The zero-order chi connectivity index (χ0) is 13.0. The van der Waals surface area contributed by atoms with Crippen molar-refractivity contribution in [1.82, 2.24) is 5.32 Å². The molecule has 1 amide bonds. The number of aryl methyl sites for hydroxylation is 1. The SMILES string of the molecule is CNC(=O)C(C#N)C(=O)c1cc(C)cc(Br)c1. The number of ketones is 1. The van der Waals surface area contributed by atoms with Gasteiger partial charge >= 0.3 is 0 Å². The van der Waals surface area contributed by atoms with Crippen LogP contribution in [0, 0.1) is 24.2 Å². The molecular weight excluding hydrogens is 284 g/mol. The fraction of sp³-hybridized carbons (Fsp3) is 0.250. The molecule has 1 rings (SSSR count). The summed E-state index contributed by atoms with van der Waals surface area (Å²) in [5.74, 6) is -2.37. The third-order valence-electron chi connectivity index (χ3n) is 2.23. The van der Waals surface area contributed by atoms with E-state index < -0.39 is 17.6 Å². The smallest absolute Gasteiger partial charge is 0.245 e. The van der Waals surface area contributed by atoms with E-state index in [0.29, 0.717) is 5.56 Å². The number of nitriles is 1. The lowest BCUT2D eigenvalue weighted by molar-refractivity contribution is -0.121. The lowest BCUT2D eigenvalue weighted by Crippen LogP contribution is -2.32. The van der Waals surface area contributed by atoms with Gasteiger partial charge in [-0.15, -0.1) is 0 Å². The Balaban J connectivity index is 3.11. The van der Waals surface area contributed by atoms with Gasteiger partial charge in [-0.25, -0.2) is 0 Å². The van der Waals surface area contributed by atoms with Crippen LogP contribution in [0.5, 0.6) is 0 Å². The number of rotatable bonds is 3. The molecule has 0 fully saturated rings. The van der Waals surface area contributed by atoms with Crippen molar-refractivity contribution < 1.29 is 9.59 Å². The van der Waals surface area contributed by atoms with E-state index in [1.165, 1.54) is 7.05 Å². The van der Waals surface area contributed by atoms with E-state index >= 15 is 0 Å². The molecule has 1 N–H and O–H groups in total. The topological polar surface area (TPSA) is 70.0 Å². The van der Waals surface area contributed by atoms with Crippen molar-refractivity contribution in [2.45, 2.75) is 6.92 Å². The lowest BCUT2D eigenvalue weighted by atomic mass is 9.97. The molecule has 1 aromatic rings. The molecule has 17 heavy (non-hydrogen) atoms. The molecule has 0 radical (unpaired) electrons. The van der Waals surface area contributed by atoms with Gasteiger partial charge in [-0.3, -0.25) is 9.59 Å². The molecule has 88 valence electrons. The molecule has 0 bridgehead atoms. The van der Waals surface area contributed by atoms with Gasteiger partial charge in [-0.1, -0.05) is 15.9 Å². The molecule has 0 saturated heterocycles. The van der Waals surface area contributed by atoms with Crippen molar-refractivity contribution >= 4 is 27.6 Å². The number of amides is 1. The zero-order valence-electron chi connectivity index (χ0n) is 9.45. The summed E-state index contributed by atoms with van der Waals surface area (Å²) in [5.41, 5.74) is 1.24. The predicted molar refractivity (Wildman–Crippen MR) is 66.4 cm³/mol. The minimum atomic E-state index is -1.30. The first-order chi connectivity index (χ1) is 7.99. The van der Waals surface area contributed by atoms with Gasteiger partial charge in [0.2, 0.25) is 5.91 Å². The molecule has 0 aliphatic carbocycles. The molecule has 1 atom stereocenters. The molecule has 0 aliphatic heterocycles. The quantitative estimate of drug-likeness (QED) is 0.683. The lowest BCUT2D eigenvalue weighted by Gasteiger charge is -2.07. The first kappa shape index (κ1) is 13.4. The zero-order valence-corrected chi connectivity index (χ0v) is 11.0. The Bertz CT molecular complexity index is 485. The van der Waals surface area contributed by atoms with Gasteiger partial charge in [-0.05, 0) is 30.7 Å². The fourth-order valence-corrected chi connectivity index (χ4v) is 2.03. The number of nitrogens with one attached hydrogen (secondary N) is 1. The second-order valence-corrected chi connectivity index (χ2v) is 4.47. The Morgan fingerprint density at radius 1 is 1.41 bits per heavy atom. The largest absolute Gasteiger partial charge is 0.358 e. The molecule has 4 nitrogen and oxygen atoms in total. The van der Waals surface area contributed by atoms with Gasteiger partial charge in [0.05, 0.1) is 6.07 Å². The van der Waals surface area contributed by atoms with Gasteiger partial charge in [0.25, 0.3) is 0 Å². The summed E-state index contributed by atoms with van der Waals surface area (Å²) in [5, 5.41) is 11.2. The highest BCUT2D eigenvalue weighted by Crippen LogP contribution is 2.18. The molecule has 5 heteroatoms. The van der Waals surface area contributed by atoms with Crippen molar-refractivity contribution in [2.75, 3.05) is 7.05 Å². The van der Waals surface area contributed by atoms with Gasteiger partial charge in [-0.2, -0.15) is 5.26 Å². The highest BCUT2D eigenvalue weighted by molar-refractivity contribution is 9.10. The normalized spacial score (nSPS) is 11.4. The summed E-state index contributed by atoms with van der Waals surface area (Å²) < 4.78 is 0.745.